The lowest BCUT2D eigenvalue weighted by molar-refractivity contribution is 0.415. The third kappa shape index (κ3) is 2.14. The van der Waals surface area contributed by atoms with Crippen molar-refractivity contribution in [2.45, 2.75) is 0 Å². The van der Waals surface area contributed by atoms with Gasteiger partial charge in [-0.15, -0.1) is 0 Å². The fourth-order valence-corrected chi connectivity index (χ4v) is 1.51. The number of nitrogens with zero attached hydrogens (tertiary/aromatic N) is 2. The maximum Gasteiger partial charge on any atom is 0.119 e. The van der Waals surface area contributed by atoms with Gasteiger partial charge in [-0.05, 0) is 36.4 Å². The van der Waals surface area contributed by atoms with Gasteiger partial charge >= 0.3 is 0 Å². The van der Waals surface area contributed by atoms with E-state index in [1.165, 1.54) is 0 Å². The van der Waals surface area contributed by atoms with E-state index in [0.29, 0.717) is 0 Å². The number of methoxy groups -OCH3 is 1. The monoisotopic (exact) mass is 214 g/mol. The molecule has 2 rings (SSSR count). The van der Waals surface area contributed by atoms with Crippen LogP contribution in [-0.2, 0) is 0 Å². The first kappa shape index (κ1) is 10.5. The van der Waals surface area contributed by atoms with Crippen molar-refractivity contribution in [2.24, 2.45) is 0 Å². The predicted octanol–water partition coefficient (Wildman–Crippen LogP) is 2.86. The molecule has 0 atom stereocenters. The number of rotatable bonds is 3. The highest BCUT2D eigenvalue weighted by Gasteiger charge is 2.03. The van der Waals surface area contributed by atoms with Gasteiger partial charge in [0, 0.05) is 18.9 Å². The van der Waals surface area contributed by atoms with Crippen molar-refractivity contribution in [1.29, 1.82) is 0 Å². The highest BCUT2D eigenvalue weighted by molar-refractivity contribution is 5.61. The quantitative estimate of drug-likeness (QED) is 0.785. The van der Waals surface area contributed by atoms with E-state index in [2.05, 4.69) is 9.88 Å². The molecule has 0 saturated carbocycles. The predicted molar refractivity (Wildman–Crippen MR) is 65.3 cm³/mol. The third-order valence-corrected chi connectivity index (χ3v) is 2.49. The van der Waals surface area contributed by atoms with Crippen LogP contribution in [0.15, 0.2) is 48.8 Å². The molecule has 0 amide bonds. The number of anilines is 2. The zero-order chi connectivity index (χ0) is 11.4. The molecule has 0 radical (unpaired) electrons. The van der Waals surface area contributed by atoms with Gasteiger partial charge in [0.2, 0.25) is 0 Å². The lowest BCUT2D eigenvalue weighted by Crippen LogP contribution is -2.09. The van der Waals surface area contributed by atoms with Crippen molar-refractivity contribution >= 4 is 11.4 Å². The molecule has 0 bridgehead atoms. The Balaban J connectivity index is 2.24. The van der Waals surface area contributed by atoms with Crippen LogP contribution in [0.3, 0.4) is 0 Å². The minimum Gasteiger partial charge on any atom is -0.497 e. The van der Waals surface area contributed by atoms with E-state index in [1.54, 1.807) is 13.3 Å². The van der Waals surface area contributed by atoms with E-state index >= 15 is 0 Å². The molecule has 1 aromatic carbocycles. The average molecular weight is 214 g/mol. The average Bonchev–Trinajstić information content (AvgIpc) is 2.39. The number of aromatic nitrogens is 1. The van der Waals surface area contributed by atoms with Crippen LogP contribution < -0.4 is 9.64 Å². The Morgan fingerprint density at radius 2 is 1.81 bits per heavy atom. The van der Waals surface area contributed by atoms with Gasteiger partial charge in [0.25, 0.3) is 0 Å². The van der Waals surface area contributed by atoms with Crippen molar-refractivity contribution in [2.75, 3.05) is 19.1 Å². The van der Waals surface area contributed by atoms with Crippen LogP contribution in [0.5, 0.6) is 5.75 Å². The van der Waals surface area contributed by atoms with Crippen LogP contribution in [0.25, 0.3) is 0 Å². The summed E-state index contributed by atoms with van der Waals surface area (Å²) < 4.78 is 5.12. The molecule has 0 aliphatic heterocycles. The van der Waals surface area contributed by atoms with Crippen LogP contribution in [0, 0.1) is 0 Å². The van der Waals surface area contributed by atoms with Gasteiger partial charge in [0.1, 0.15) is 5.75 Å². The van der Waals surface area contributed by atoms with Gasteiger partial charge < -0.3 is 9.64 Å². The molecule has 0 fully saturated rings. The SMILES string of the molecule is COc1ccc(N(C)c2cccnc2)cc1. The molecule has 0 spiro atoms. The molecule has 3 heteroatoms. The van der Waals surface area contributed by atoms with Gasteiger partial charge in [-0.25, -0.2) is 0 Å². The molecule has 0 N–H and O–H groups in total. The van der Waals surface area contributed by atoms with Crippen LogP contribution >= 0.6 is 0 Å². The van der Waals surface area contributed by atoms with Crippen molar-refractivity contribution in [1.82, 2.24) is 4.98 Å². The maximum atomic E-state index is 5.12. The van der Waals surface area contributed by atoms with E-state index in [9.17, 15) is 0 Å². The first-order valence-corrected chi connectivity index (χ1v) is 5.09. The smallest absolute Gasteiger partial charge is 0.119 e. The fraction of sp³-hybridized carbons (Fsp3) is 0.154. The van der Waals surface area contributed by atoms with Crippen molar-refractivity contribution in [3.63, 3.8) is 0 Å². The number of pyridine rings is 1. The summed E-state index contributed by atoms with van der Waals surface area (Å²) in [7, 11) is 3.68. The van der Waals surface area contributed by atoms with Gasteiger partial charge in [0.15, 0.2) is 0 Å². The van der Waals surface area contributed by atoms with Crippen molar-refractivity contribution in [3.05, 3.63) is 48.8 Å². The van der Waals surface area contributed by atoms with E-state index < -0.39 is 0 Å². The Bertz CT molecular complexity index is 439. The molecule has 82 valence electrons. The van der Waals surface area contributed by atoms with E-state index in [0.717, 1.165) is 17.1 Å². The zero-order valence-corrected chi connectivity index (χ0v) is 9.42. The first-order valence-electron chi connectivity index (χ1n) is 5.09. The lowest BCUT2D eigenvalue weighted by atomic mass is 10.2. The van der Waals surface area contributed by atoms with Gasteiger partial charge in [-0.2, -0.15) is 0 Å². The Morgan fingerprint density at radius 3 is 2.38 bits per heavy atom. The molecule has 0 saturated heterocycles. The Morgan fingerprint density at radius 1 is 1.06 bits per heavy atom. The Labute approximate surface area is 95.3 Å². The van der Waals surface area contributed by atoms with Crippen LogP contribution in [0.2, 0.25) is 0 Å². The number of hydrogen-bond acceptors (Lipinski definition) is 3. The van der Waals surface area contributed by atoms with Crippen LogP contribution in [-0.4, -0.2) is 19.1 Å². The van der Waals surface area contributed by atoms with Gasteiger partial charge in [-0.3, -0.25) is 4.98 Å². The second kappa shape index (κ2) is 4.66. The highest BCUT2D eigenvalue weighted by Crippen LogP contribution is 2.24. The third-order valence-electron chi connectivity index (χ3n) is 2.49. The minimum atomic E-state index is 0.864. The second-order valence-electron chi connectivity index (χ2n) is 3.47. The molecule has 0 aliphatic carbocycles. The highest BCUT2D eigenvalue weighted by atomic mass is 16.5. The van der Waals surface area contributed by atoms with E-state index in [1.807, 2.05) is 49.6 Å². The normalized spacial score (nSPS) is 9.88. The standard InChI is InChI=1S/C13H14N2O/c1-15(12-4-3-9-14-10-12)11-5-7-13(16-2)8-6-11/h3-10H,1-2H3. The molecule has 0 unspecified atom stereocenters. The summed E-state index contributed by atoms with van der Waals surface area (Å²) in [5, 5.41) is 0. The van der Waals surface area contributed by atoms with Gasteiger partial charge in [-0.1, -0.05) is 0 Å². The zero-order valence-electron chi connectivity index (χ0n) is 9.42. The molecule has 0 aliphatic rings. The van der Waals surface area contributed by atoms with Crippen LogP contribution in [0.4, 0.5) is 11.4 Å². The first-order chi connectivity index (χ1) is 7.81. The number of ether oxygens (including phenoxy) is 1. The van der Waals surface area contributed by atoms with E-state index in [4.69, 9.17) is 4.74 Å². The molecule has 3 nitrogen and oxygen atoms in total. The summed E-state index contributed by atoms with van der Waals surface area (Å²) in [6, 6.07) is 11.9. The molecule has 16 heavy (non-hydrogen) atoms. The second-order valence-corrected chi connectivity index (χ2v) is 3.47. The number of hydrogen-bond donors (Lipinski definition) is 0. The minimum absolute atomic E-state index is 0.864. The van der Waals surface area contributed by atoms with E-state index in [-0.39, 0.29) is 0 Å². The molecular weight excluding hydrogens is 200 g/mol. The summed E-state index contributed by atoms with van der Waals surface area (Å²) >= 11 is 0. The largest absolute Gasteiger partial charge is 0.497 e. The summed E-state index contributed by atoms with van der Waals surface area (Å²) in [5.41, 5.74) is 2.17. The van der Waals surface area contributed by atoms with Crippen molar-refractivity contribution < 1.29 is 4.74 Å². The molecular formula is C13H14N2O. The van der Waals surface area contributed by atoms with Crippen molar-refractivity contribution in [3.8, 4) is 5.75 Å². The Kier molecular flexibility index (Phi) is 3.05. The lowest BCUT2D eigenvalue weighted by Gasteiger charge is -2.19. The topological polar surface area (TPSA) is 25.4 Å². The van der Waals surface area contributed by atoms with Crippen LogP contribution in [0.1, 0.15) is 0 Å². The maximum absolute atomic E-state index is 5.12. The molecule has 1 heterocycles. The fourth-order valence-electron chi connectivity index (χ4n) is 1.51. The summed E-state index contributed by atoms with van der Waals surface area (Å²) in [5.74, 6) is 0.864. The van der Waals surface area contributed by atoms with Gasteiger partial charge in [0.05, 0.1) is 19.0 Å². The molecule has 1 aromatic heterocycles. The number of benzene rings is 1. The summed E-state index contributed by atoms with van der Waals surface area (Å²) in [6.45, 7) is 0. The summed E-state index contributed by atoms with van der Waals surface area (Å²) in [6.07, 6.45) is 3.61. The molecule has 2 aromatic rings. The summed E-state index contributed by atoms with van der Waals surface area (Å²) in [4.78, 5) is 6.17. The Hall–Kier alpha value is -2.03.